The molecule has 0 aliphatic rings. The number of amides is 1. The van der Waals surface area contributed by atoms with Gasteiger partial charge in [-0.1, -0.05) is 19.9 Å². The lowest BCUT2D eigenvalue weighted by atomic mass is 10.1. The second kappa shape index (κ2) is 6.80. The number of nitrogens with zero attached hydrogens (tertiary/aromatic N) is 1. The minimum Gasteiger partial charge on any atom is -0.507 e. The second-order valence-corrected chi connectivity index (χ2v) is 5.38. The number of rotatable bonds is 6. The van der Waals surface area contributed by atoms with Crippen LogP contribution in [0.1, 0.15) is 25.0 Å². The SMILES string of the molecule is CC(C)CN(CC(N)=O)Cc1ccc(O)c(C(F)(F)F)c1. The molecular formula is C14H19F3N2O2. The number of carbonyl (C=O) groups is 1. The predicted molar refractivity (Wildman–Crippen MR) is 72.4 cm³/mol. The van der Waals surface area contributed by atoms with Crippen LogP contribution in [0.2, 0.25) is 0 Å². The number of hydrogen-bond donors (Lipinski definition) is 2. The fourth-order valence-corrected chi connectivity index (χ4v) is 2.09. The zero-order valence-electron chi connectivity index (χ0n) is 11.9. The van der Waals surface area contributed by atoms with Gasteiger partial charge in [0.2, 0.25) is 5.91 Å². The Hall–Kier alpha value is -1.76. The van der Waals surface area contributed by atoms with E-state index in [1.54, 1.807) is 4.90 Å². The number of benzene rings is 1. The first-order chi connectivity index (χ1) is 9.59. The van der Waals surface area contributed by atoms with Gasteiger partial charge in [-0.25, -0.2) is 0 Å². The summed E-state index contributed by atoms with van der Waals surface area (Å²) in [6.07, 6.45) is -4.62. The summed E-state index contributed by atoms with van der Waals surface area (Å²) in [4.78, 5) is 12.7. The van der Waals surface area contributed by atoms with Crippen LogP contribution in [0, 0.1) is 5.92 Å². The van der Waals surface area contributed by atoms with Crippen LogP contribution in [-0.4, -0.2) is 29.0 Å². The van der Waals surface area contributed by atoms with E-state index in [-0.39, 0.29) is 19.0 Å². The van der Waals surface area contributed by atoms with E-state index in [1.165, 1.54) is 6.07 Å². The quantitative estimate of drug-likeness (QED) is 0.848. The second-order valence-electron chi connectivity index (χ2n) is 5.38. The zero-order valence-corrected chi connectivity index (χ0v) is 11.9. The summed E-state index contributed by atoms with van der Waals surface area (Å²) in [5.41, 5.74) is 4.43. The molecule has 1 aromatic rings. The van der Waals surface area contributed by atoms with Gasteiger partial charge in [-0.05, 0) is 23.6 Å². The molecule has 0 heterocycles. The van der Waals surface area contributed by atoms with E-state index in [0.717, 1.165) is 12.1 Å². The topological polar surface area (TPSA) is 66.6 Å². The molecule has 3 N–H and O–H groups in total. The monoisotopic (exact) mass is 304 g/mol. The summed E-state index contributed by atoms with van der Waals surface area (Å²) in [5, 5.41) is 9.29. The van der Waals surface area contributed by atoms with Gasteiger partial charge in [-0.15, -0.1) is 0 Å². The Bertz CT molecular complexity index is 501. The normalized spacial score (nSPS) is 12.1. The number of halogens is 3. The summed E-state index contributed by atoms with van der Waals surface area (Å²) >= 11 is 0. The number of phenols is 1. The molecule has 0 saturated heterocycles. The van der Waals surface area contributed by atoms with Gasteiger partial charge in [0.1, 0.15) is 5.75 Å². The fraction of sp³-hybridized carbons (Fsp3) is 0.500. The third kappa shape index (κ3) is 5.63. The number of aromatic hydroxyl groups is 1. The Morgan fingerprint density at radius 3 is 2.48 bits per heavy atom. The van der Waals surface area contributed by atoms with Crippen molar-refractivity contribution < 1.29 is 23.1 Å². The Kier molecular flexibility index (Phi) is 5.60. The molecule has 21 heavy (non-hydrogen) atoms. The molecule has 118 valence electrons. The van der Waals surface area contributed by atoms with Gasteiger partial charge < -0.3 is 10.8 Å². The molecule has 1 amide bonds. The smallest absolute Gasteiger partial charge is 0.419 e. The first kappa shape index (κ1) is 17.3. The molecule has 1 rings (SSSR count). The van der Waals surface area contributed by atoms with Crippen molar-refractivity contribution in [3.05, 3.63) is 29.3 Å². The highest BCUT2D eigenvalue weighted by molar-refractivity contribution is 5.75. The maximum Gasteiger partial charge on any atom is 0.419 e. The third-order valence-corrected chi connectivity index (χ3v) is 2.78. The molecule has 4 nitrogen and oxygen atoms in total. The highest BCUT2D eigenvalue weighted by atomic mass is 19.4. The van der Waals surface area contributed by atoms with Crippen molar-refractivity contribution in [2.45, 2.75) is 26.6 Å². The van der Waals surface area contributed by atoms with Crippen molar-refractivity contribution in [1.29, 1.82) is 0 Å². The van der Waals surface area contributed by atoms with Crippen LogP contribution in [0.15, 0.2) is 18.2 Å². The average molecular weight is 304 g/mol. The van der Waals surface area contributed by atoms with Crippen molar-refractivity contribution in [3.8, 4) is 5.75 Å². The molecule has 0 unspecified atom stereocenters. The van der Waals surface area contributed by atoms with Gasteiger partial charge in [0.15, 0.2) is 0 Å². The van der Waals surface area contributed by atoms with Gasteiger partial charge in [0.25, 0.3) is 0 Å². The summed E-state index contributed by atoms with van der Waals surface area (Å²) in [5.74, 6) is -1.11. The lowest BCUT2D eigenvalue weighted by Gasteiger charge is -2.23. The van der Waals surface area contributed by atoms with Gasteiger partial charge in [-0.2, -0.15) is 13.2 Å². The zero-order chi connectivity index (χ0) is 16.2. The molecule has 0 aliphatic carbocycles. The minimum absolute atomic E-state index is 0.0274. The van der Waals surface area contributed by atoms with E-state index in [1.807, 2.05) is 13.8 Å². The van der Waals surface area contributed by atoms with E-state index in [2.05, 4.69) is 0 Å². The minimum atomic E-state index is -4.62. The number of primary amides is 1. The molecule has 7 heteroatoms. The predicted octanol–water partition coefficient (Wildman–Crippen LogP) is 2.35. The lowest BCUT2D eigenvalue weighted by molar-refractivity contribution is -0.138. The largest absolute Gasteiger partial charge is 0.507 e. The lowest BCUT2D eigenvalue weighted by Crippen LogP contribution is -2.35. The number of nitrogens with two attached hydrogens (primary N) is 1. The first-order valence-corrected chi connectivity index (χ1v) is 6.49. The Balaban J connectivity index is 2.96. The number of carbonyl (C=O) groups excluding carboxylic acids is 1. The molecule has 0 bridgehead atoms. The maximum atomic E-state index is 12.7. The van der Waals surface area contributed by atoms with Crippen LogP contribution in [0.5, 0.6) is 5.75 Å². The van der Waals surface area contributed by atoms with E-state index in [9.17, 15) is 23.1 Å². The van der Waals surface area contributed by atoms with E-state index in [4.69, 9.17) is 5.73 Å². The summed E-state index contributed by atoms with van der Waals surface area (Å²) < 4.78 is 38.2. The molecule has 0 spiro atoms. The molecule has 0 saturated carbocycles. The van der Waals surface area contributed by atoms with Crippen molar-refractivity contribution in [1.82, 2.24) is 4.90 Å². The molecule has 0 radical (unpaired) electrons. The van der Waals surface area contributed by atoms with Crippen LogP contribution >= 0.6 is 0 Å². The molecule has 0 aliphatic heterocycles. The summed E-state index contributed by atoms with van der Waals surface area (Å²) in [6.45, 7) is 4.54. The van der Waals surface area contributed by atoms with Crippen LogP contribution in [0.3, 0.4) is 0 Å². The van der Waals surface area contributed by atoms with Gasteiger partial charge in [-0.3, -0.25) is 9.69 Å². The van der Waals surface area contributed by atoms with Crippen molar-refractivity contribution in [2.75, 3.05) is 13.1 Å². The summed E-state index contributed by atoms with van der Waals surface area (Å²) in [7, 11) is 0. The molecular weight excluding hydrogens is 285 g/mol. The molecule has 0 atom stereocenters. The third-order valence-electron chi connectivity index (χ3n) is 2.78. The van der Waals surface area contributed by atoms with Crippen LogP contribution < -0.4 is 5.73 Å². The number of hydrogen-bond acceptors (Lipinski definition) is 3. The van der Waals surface area contributed by atoms with E-state index in [0.29, 0.717) is 12.1 Å². The first-order valence-electron chi connectivity index (χ1n) is 6.49. The number of alkyl halides is 3. The van der Waals surface area contributed by atoms with Crippen LogP contribution in [0.25, 0.3) is 0 Å². The highest BCUT2D eigenvalue weighted by Crippen LogP contribution is 2.36. The van der Waals surface area contributed by atoms with Crippen LogP contribution in [0.4, 0.5) is 13.2 Å². The van der Waals surface area contributed by atoms with Gasteiger partial charge in [0, 0.05) is 13.1 Å². The van der Waals surface area contributed by atoms with E-state index >= 15 is 0 Å². The van der Waals surface area contributed by atoms with Crippen molar-refractivity contribution in [3.63, 3.8) is 0 Å². The fourth-order valence-electron chi connectivity index (χ4n) is 2.09. The molecule has 0 fully saturated rings. The van der Waals surface area contributed by atoms with E-state index < -0.39 is 23.4 Å². The molecule has 0 aromatic heterocycles. The van der Waals surface area contributed by atoms with Crippen molar-refractivity contribution >= 4 is 5.91 Å². The van der Waals surface area contributed by atoms with Crippen LogP contribution in [-0.2, 0) is 17.5 Å². The highest BCUT2D eigenvalue weighted by Gasteiger charge is 2.34. The Morgan fingerprint density at radius 2 is 2.00 bits per heavy atom. The average Bonchev–Trinajstić information content (AvgIpc) is 2.28. The van der Waals surface area contributed by atoms with Gasteiger partial charge in [0.05, 0.1) is 12.1 Å². The Morgan fingerprint density at radius 1 is 1.38 bits per heavy atom. The number of phenolic OH excluding ortho intramolecular Hbond substituents is 1. The summed E-state index contributed by atoms with van der Waals surface area (Å²) in [6, 6.07) is 3.30. The standard InChI is InChI=1S/C14H19F3N2O2/c1-9(2)6-19(8-13(18)21)7-10-3-4-12(20)11(5-10)14(15,16)17/h3-5,9,20H,6-8H2,1-2H3,(H2,18,21). The molecule has 1 aromatic carbocycles. The van der Waals surface area contributed by atoms with Crippen molar-refractivity contribution in [2.24, 2.45) is 11.7 Å². The van der Waals surface area contributed by atoms with Gasteiger partial charge >= 0.3 is 6.18 Å². The maximum absolute atomic E-state index is 12.7. The Labute approximate surface area is 121 Å².